The lowest BCUT2D eigenvalue weighted by atomic mass is 10.3. The van der Waals surface area contributed by atoms with E-state index < -0.39 is 0 Å². The summed E-state index contributed by atoms with van der Waals surface area (Å²) in [7, 11) is 0. The highest BCUT2D eigenvalue weighted by Crippen LogP contribution is 2.34. The molecule has 0 aliphatic carbocycles. The number of aryl methyl sites for hydroxylation is 2. The number of hydrogen-bond donors (Lipinski definition) is 0. The van der Waals surface area contributed by atoms with Gasteiger partial charge in [-0.1, -0.05) is 0 Å². The summed E-state index contributed by atoms with van der Waals surface area (Å²) in [5.74, 6) is 0. The van der Waals surface area contributed by atoms with Crippen molar-refractivity contribution in [2.24, 2.45) is 0 Å². The van der Waals surface area contributed by atoms with Gasteiger partial charge in [-0.3, -0.25) is 0 Å². The van der Waals surface area contributed by atoms with Crippen LogP contribution >= 0.6 is 22.9 Å². The monoisotopic (exact) mass is 186 g/mol. The molecule has 0 saturated heterocycles. The largest absolute Gasteiger partial charge is 0.443 e. The fourth-order valence-electron chi connectivity index (χ4n) is 1.08. The second kappa shape index (κ2) is 2.26. The van der Waals surface area contributed by atoms with Crippen molar-refractivity contribution in [1.82, 2.24) is 0 Å². The van der Waals surface area contributed by atoms with Crippen LogP contribution < -0.4 is 0 Å². The van der Waals surface area contributed by atoms with E-state index in [1.54, 1.807) is 11.3 Å². The summed E-state index contributed by atoms with van der Waals surface area (Å²) in [6, 6.07) is 1.86. The van der Waals surface area contributed by atoms with Crippen LogP contribution in [-0.2, 0) is 0 Å². The average Bonchev–Trinajstić information content (AvgIpc) is 2.37. The van der Waals surface area contributed by atoms with Crippen LogP contribution in [0.25, 0.3) is 10.3 Å². The number of furan rings is 1. The maximum Gasteiger partial charge on any atom is 0.195 e. The molecule has 0 atom stereocenters. The first-order chi connectivity index (χ1) is 5.18. The molecule has 11 heavy (non-hydrogen) atoms. The van der Waals surface area contributed by atoms with Gasteiger partial charge in [0, 0.05) is 16.5 Å². The van der Waals surface area contributed by atoms with E-state index in [4.69, 9.17) is 16.0 Å². The summed E-state index contributed by atoms with van der Waals surface area (Å²) in [5, 5.41) is 0.481. The van der Waals surface area contributed by atoms with Crippen molar-refractivity contribution in [3.05, 3.63) is 21.7 Å². The van der Waals surface area contributed by atoms with Crippen molar-refractivity contribution in [3.8, 4) is 0 Å². The quantitative estimate of drug-likeness (QED) is 0.611. The first-order valence-corrected chi connectivity index (χ1v) is 4.53. The summed E-state index contributed by atoms with van der Waals surface area (Å²) in [6.45, 7) is 4.14. The van der Waals surface area contributed by atoms with Crippen LogP contribution in [0, 0.1) is 13.8 Å². The number of rotatable bonds is 0. The topological polar surface area (TPSA) is 13.1 Å². The van der Waals surface area contributed by atoms with Crippen LogP contribution in [0.4, 0.5) is 0 Å². The van der Waals surface area contributed by atoms with E-state index in [1.807, 2.05) is 13.0 Å². The summed E-state index contributed by atoms with van der Waals surface area (Å²) < 4.78 is 6.44. The lowest BCUT2D eigenvalue weighted by molar-refractivity contribution is 0.616. The van der Waals surface area contributed by atoms with Gasteiger partial charge in [0.05, 0.1) is 4.70 Å². The SMILES string of the molecule is Cc1sc2cc(Cl)oc2c1C. The normalized spacial score (nSPS) is 11.2. The van der Waals surface area contributed by atoms with E-state index in [2.05, 4.69) is 6.92 Å². The Morgan fingerprint density at radius 1 is 1.45 bits per heavy atom. The van der Waals surface area contributed by atoms with Crippen LogP contribution in [0.1, 0.15) is 10.4 Å². The Labute approximate surface area is 73.6 Å². The molecule has 0 radical (unpaired) electrons. The molecule has 0 unspecified atom stereocenters. The van der Waals surface area contributed by atoms with Gasteiger partial charge in [0.25, 0.3) is 0 Å². The highest BCUT2D eigenvalue weighted by Gasteiger charge is 2.09. The number of halogens is 1. The predicted octanol–water partition coefficient (Wildman–Crippen LogP) is 3.76. The molecule has 0 spiro atoms. The average molecular weight is 187 g/mol. The van der Waals surface area contributed by atoms with Crippen LogP contribution in [0.2, 0.25) is 5.22 Å². The van der Waals surface area contributed by atoms with Gasteiger partial charge in [-0.15, -0.1) is 11.3 Å². The van der Waals surface area contributed by atoms with E-state index in [1.165, 1.54) is 10.4 Å². The Balaban J connectivity index is 2.88. The van der Waals surface area contributed by atoms with Gasteiger partial charge in [0.2, 0.25) is 0 Å². The fraction of sp³-hybridized carbons (Fsp3) is 0.250. The smallest absolute Gasteiger partial charge is 0.195 e. The summed E-state index contributed by atoms with van der Waals surface area (Å²) in [6.07, 6.45) is 0. The second-order valence-electron chi connectivity index (χ2n) is 2.53. The van der Waals surface area contributed by atoms with E-state index >= 15 is 0 Å². The van der Waals surface area contributed by atoms with Crippen molar-refractivity contribution in [3.63, 3.8) is 0 Å². The molecule has 0 fully saturated rings. The highest BCUT2D eigenvalue weighted by molar-refractivity contribution is 7.19. The lowest BCUT2D eigenvalue weighted by Crippen LogP contribution is -1.65. The zero-order valence-electron chi connectivity index (χ0n) is 6.27. The van der Waals surface area contributed by atoms with Crippen molar-refractivity contribution in [2.75, 3.05) is 0 Å². The third kappa shape index (κ3) is 0.976. The standard InChI is InChI=1S/C8H7ClOS/c1-4-5(2)11-6-3-7(9)10-8(4)6/h3H,1-2H3. The van der Waals surface area contributed by atoms with Crippen LogP contribution in [0.15, 0.2) is 10.5 Å². The van der Waals surface area contributed by atoms with Gasteiger partial charge < -0.3 is 4.42 Å². The van der Waals surface area contributed by atoms with E-state index in [0.29, 0.717) is 5.22 Å². The van der Waals surface area contributed by atoms with E-state index in [0.717, 1.165) is 10.3 Å². The zero-order valence-corrected chi connectivity index (χ0v) is 7.84. The minimum Gasteiger partial charge on any atom is -0.443 e. The van der Waals surface area contributed by atoms with Gasteiger partial charge >= 0.3 is 0 Å². The molecule has 0 amide bonds. The lowest BCUT2D eigenvalue weighted by Gasteiger charge is -1.84. The molecule has 0 aliphatic rings. The molecule has 0 aromatic carbocycles. The van der Waals surface area contributed by atoms with Crippen molar-refractivity contribution >= 4 is 33.2 Å². The molecule has 0 saturated carbocycles. The first-order valence-electron chi connectivity index (χ1n) is 3.33. The van der Waals surface area contributed by atoms with Crippen molar-refractivity contribution < 1.29 is 4.42 Å². The minimum atomic E-state index is 0.481. The Kier molecular flexibility index (Phi) is 1.48. The van der Waals surface area contributed by atoms with E-state index in [-0.39, 0.29) is 0 Å². The molecule has 58 valence electrons. The van der Waals surface area contributed by atoms with E-state index in [9.17, 15) is 0 Å². The molecule has 0 aliphatic heterocycles. The number of thiophene rings is 1. The molecule has 2 aromatic heterocycles. The molecular weight excluding hydrogens is 180 g/mol. The van der Waals surface area contributed by atoms with Gasteiger partial charge in [-0.25, -0.2) is 0 Å². The molecule has 0 N–H and O–H groups in total. The van der Waals surface area contributed by atoms with Crippen LogP contribution in [0.5, 0.6) is 0 Å². The maximum absolute atomic E-state index is 5.69. The highest BCUT2D eigenvalue weighted by atomic mass is 35.5. The Morgan fingerprint density at radius 3 is 2.82 bits per heavy atom. The fourth-order valence-corrected chi connectivity index (χ4v) is 2.36. The van der Waals surface area contributed by atoms with Gasteiger partial charge in [-0.2, -0.15) is 0 Å². The Morgan fingerprint density at radius 2 is 2.18 bits per heavy atom. The van der Waals surface area contributed by atoms with Gasteiger partial charge in [-0.05, 0) is 25.4 Å². The molecular formula is C8H7ClOS. The summed E-state index contributed by atoms with van der Waals surface area (Å²) in [5.41, 5.74) is 2.15. The molecule has 0 bridgehead atoms. The van der Waals surface area contributed by atoms with Crippen LogP contribution in [-0.4, -0.2) is 0 Å². The third-order valence-electron chi connectivity index (χ3n) is 1.80. The molecule has 2 rings (SSSR count). The van der Waals surface area contributed by atoms with Crippen LogP contribution in [0.3, 0.4) is 0 Å². The summed E-state index contributed by atoms with van der Waals surface area (Å²) in [4.78, 5) is 1.30. The predicted molar refractivity (Wildman–Crippen MR) is 48.6 cm³/mol. The molecule has 1 nitrogen and oxygen atoms in total. The van der Waals surface area contributed by atoms with Gasteiger partial charge in [0.15, 0.2) is 5.22 Å². The molecule has 3 heteroatoms. The molecule has 2 heterocycles. The molecule has 2 aromatic rings. The van der Waals surface area contributed by atoms with Crippen molar-refractivity contribution in [1.29, 1.82) is 0 Å². The number of fused-ring (bicyclic) bond motifs is 1. The summed E-state index contributed by atoms with van der Waals surface area (Å²) >= 11 is 7.41. The zero-order chi connectivity index (χ0) is 8.01. The second-order valence-corrected chi connectivity index (χ2v) is 4.16. The van der Waals surface area contributed by atoms with Crippen molar-refractivity contribution in [2.45, 2.75) is 13.8 Å². The first kappa shape index (κ1) is 7.19. The minimum absolute atomic E-state index is 0.481. The Bertz CT molecular complexity index is 399. The van der Waals surface area contributed by atoms with Gasteiger partial charge in [0.1, 0.15) is 5.58 Å². The third-order valence-corrected chi connectivity index (χ3v) is 3.12. The Hall–Kier alpha value is -0.470. The number of hydrogen-bond acceptors (Lipinski definition) is 2. The maximum atomic E-state index is 5.69.